The van der Waals surface area contributed by atoms with Gasteiger partial charge < -0.3 is 15.1 Å². The van der Waals surface area contributed by atoms with Gasteiger partial charge >= 0.3 is 0 Å². The summed E-state index contributed by atoms with van der Waals surface area (Å²) in [6, 6.07) is 6.52. The number of guanidine groups is 1. The maximum absolute atomic E-state index is 13.1. The Morgan fingerprint density at radius 3 is 2.68 bits per heavy atom. The van der Waals surface area contributed by atoms with Crippen molar-refractivity contribution in [3.63, 3.8) is 0 Å². The first kappa shape index (κ1) is 19.9. The predicted molar refractivity (Wildman–Crippen MR) is 108 cm³/mol. The fourth-order valence-corrected chi connectivity index (χ4v) is 3.22. The topological polar surface area (TPSA) is 65.8 Å². The van der Waals surface area contributed by atoms with Gasteiger partial charge in [0, 0.05) is 45.3 Å². The van der Waals surface area contributed by atoms with Gasteiger partial charge in [-0.1, -0.05) is 19.1 Å². The van der Waals surface area contributed by atoms with Crippen LogP contribution < -0.4 is 10.2 Å². The van der Waals surface area contributed by atoms with Gasteiger partial charge in [-0.3, -0.25) is 14.5 Å². The summed E-state index contributed by atoms with van der Waals surface area (Å²) in [6.45, 7) is 6.90. The second-order valence-electron chi connectivity index (χ2n) is 6.99. The number of hydrogen-bond donors (Lipinski definition) is 1. The molecule has 7 nitrogen and oxygen atoms in total. The minimum absolute atomic E-state index is 0.0245. The molecule has 1 saturated heterocycles. The van der Waals surface area contributed by atoms with E-state index in [0.29, 0.717) is 19.6 Å². The predicted octanol–water partition coefficient (Wildman–Crippen LogP) is 1.98. The number of hydrogen-bond acceptors (Lipinski definition) is 3. The number of anilines is 1. The Bertz CT molecular complexity index is 831. The molecule has 1 aromatic carbocycles. The third-order valence-electron chi connectivity index (χ3n) is 4.81. The van der Waals surface area contributed by atoms with Gasteiger partial charge in [0.15, 0.2) is 5.96 Å². The molecule has 1 unspecified atom stereocenters. The smallest absolute Gasteiger partial charge is 0.246 e. The van der Waals surface area contributed by atoms with E-state index in [-0.39, 0.29) is 24.2 Å². The third-order valence-corrected chi connectivity index (χ3v) is 4.81. The zero-order valence-corrected chi connectivity index (χ0v) is 16.6. The van der Waals surface area contributed by atoms with Crippen molar-refractivity contribution in [1.82, 2.24) is 20.0 Å². The first-order valence-corrected chi connectivity index (χ1v) is 9.55. The number of carbonyl (C=O) groups is 1. The maximum Gasteiger partial charge on any atom is 0.246 e. The van der Waals surface area contributed by atoms with E-state index in [1.807, 2.05) is 25.1 Å². The lowest BCUT2D eigenvalue weighted by molar-refractivity contribution is -0.120. The molecule has 0 spiro atoms. The van der Waals surface area contributed by atoms with Gasteiger partial charge in [-0.25, -0.2) is 4.39 Å². The van der Waals surface area contributed by atoms with Crippen LogP contribution in [0.1, 0.15) is 25.3 Å². The molecule has 2 heterocycles. The molecule has 0 saturated carbocycles. The van der Waals surface area contributed by atoms with Gasteiger partial charge in [-0.05, 0) is 24.6 Å². The molecular weight excluding hydrogens is 359 g/mol. The average molecular weight is 386 g/mol. The SMILES string of the molecule is CCNC(=NCC(C)c1ccc(F)cc1)N1CCN(c2cnn(C)c2)C(=O)C1. The second-order valence-corrected chi connectivity index (χ2v) is 6.99. The fourth-order valence-electron chi connectivity index (χ4n) is 3.22. The fraction of sp³-hybridized carbons (Fsp3) is 0.450. The van der Waals surface area contributed by atoms with Crippen LogP contribution in [0.15, 0.2) is 41.7 Å². The van der Waals surface area contributed by atoms with Crippen molar-refractivity contribution < 1.29 is 9.18 Å². The molecule has 8 heteroatoms. The standard InChI is InChI=1S/C20H27FN6O/c1-4-22-20(23-11-15(2)16-5-7-17(21)8-6-16)26-9-10-27(19(28)14-26)18-12-24-25(3)13-18/h5-8,12-13,15H,4,9-11,14H2,1-3H3,(H,22,23). The zero-order valence-electron chi connectivity index (χ0n) is 16.6. The highest BCUT2D eigenvalue weighted by molar-refractivity contribution is 5.98. The highest BCUT2D eigenvalue weighted by Gasteiger charge is 2.27. The summed E-state index contributed by atoms with van der Waals surface area (Å²) < 4.78 is 14.8. The number of nitrogens with one attached hydrogen (secondary N) is 1. The first-order valence-electron chi connectivity index (χ1n) is 9.55. The molecule has 1 atom stereocenters. The number of carbonyl (C=O) groups excluding carboxylic acids is 1. The van der Waals surface area contributed by atoms with Gasteiger partial charge in [0.25, 0.3) is 0 Å². The monoisotopic (exact) mass is 386 g/mol. The molecule has 1 aromatic heterocycles. The number of nitrogens with zero attached hydrogens (tertiary/aromatic N) is 5. The summed E-state index contributed by atoms with van der Waals surface area (Å²) in [5.74, 6) is 0.673. The van der Waals surface area contributed by atoms with Crippen molar-refractivity contribution in [1.29, 1.82) is 0 Å². The lowest BCUT2D eigenvalue weighted by Crippen LogP contribution is -2.55. The molecule has 2 aromatic rings. The number of aromatic nitrogens is 2. The van der Waals surface area contributed by atoms with Crippen molar-refractivity contribution in [3.05, 3.63) is 48.0 Å². The number of amides is 1. The van der Waals surface area contributed by atoms with Crippen LogP contribution in [-0.4, -0.2) is 59.3 Å². The molecule has 1 N–H and O–H groups in total. The maximum atomic E-state index is 13.1. The van der Waals surface area contributed by atoms with E-state index >= 15 is 0 Å². The van der Waals surface area contributed by atoms with E-state index in [1.165, 1.54) is 12.1 Å². The van der Waals surface area contributed by atoms with Gasteiger partial charge in [0.1, 0.15) is 12.4 Å². The summed E-state index contributed by atoms with van der Waals surface area (Å²) in [7, 11) is 1.84. The molecule has 1 amide bonds. The summed E-state index contributed by atoms with van der Waals surface area (Å²) >= 11 is 0. The van der Waals surface area contributed by atoms with E-state index in [2.05, 4.69) is 17.3 Å². The summed E-state index contributed by atoms with van der Waals surface area (Å²) in [5.41, 5.74) is 1.86. The minimum Gasteiger partial charge on any atom is -0.357 e. The van der Waals surface area contributed by atoms with E-state index in [0.717, 1.165) is 23.8 Å². The normalized spacial score (nSPS) is 16.4. The molecular formula is C20H27FN6O. The van der Waals surface area contributed by atoms with Crippen LogP contribution >= 0.6 is 0 Å². The summed E-state index contributed by atoms with van der Waals surface area (Å²) in [4.78, 5) is 21.1. The molecule has 1 fully saturated rings. The van der Waals surface area contributed by atoms with Crippen LogP contribution in [0.3, 0.4) is 0 Å². The molecule has 28 heavy (non-hydrogen) atoms. The van der Waals surface area contributed by atoms with Crippen LogP contribution in [0.5, 0.6) is 0 Å². The Kier molecular flexibility index (Phi) is 6.28. The average Bonchev–Trinajstić information content (AvgIpc) is 3.11. The number of rotatable bonds is 5. The summed E-state index contributed by atoms with van der Waals surface area (Å²) in [5, 5.41) is 7.42. The van der Waals surface area contributed by atoms with Gasteiger partial charge in [-0.15, -0.1) is 0 Å². The van der Waals surface area contributed by atoms with E-state index < -0.39 is 0 Å². The van der Waals surface area contributed by atoms with Crippen molar-refractivity contribution in [2.45, 2.75) is 19.8 Å². The molecule has 150 valence electrons. The number of aryl methyl sites for hydroxylation is 1. The molecule has 0 radical (unpaired) electrons. The van der Waals surface area contributed by atoms with E-state index in [9.17, 15) is 9.18 Å². The van der Waals surface area contributed by atoms with Crippen LogP contribution in [0.25, 0.3) is 0 Å². The van der Waals surface area contributed by atoms with Crippen molar-refractivity contribution in [2.24, 2.45) is 12.0 Å². The number of halogens is 1. The molecule has 3 rings (SSSR count). The van der Waals surface area contributed by atoms with Crippen molar-refractivity contribution in [3.8, 4) is 0 Å². The third kappa shape index (κ3) is 4.68. The Morgan fingerprint density at radius 2 is 2.07 bits per heavy atom. The molecule has 0 bridgehead atoms. The Balaban J connectivity index is 1.65. The Morgan fingerprint density at radius 1 is 1.32 bits per heavy atom. The molecule has 1 aliphatic rings. The highest BCUT2D eigenvalue weighted by atomic mass is 19.1. The first-order chi connectivity index (χ1) is 13.5. The largest absolute Gasteiger partial charge is 0.357 e. The van der Waals surface area contributed by atoms with Gasteiger partial charge in [0.2, 0.25) is 5.91 Å². The Labute approximate surface area is 164 Å². The van der Waals surface area contributed by atoms with E-state index in [4.69, 9.17) is 4.99 Å². The minimum atomic E-state index is -0.238. The van der Waals surface area contributed by atoms with Gasteiger partial charge in [0.05, 0.1) is 11.9 Å². The van der Waals surface area contributed by atoms with Crippen LogP contribution in [-0.2, 0) is 11.8 Å². The lowest BCUT2D eigenvalue weighted by atomic mass is 10.0. The second kappa shape index (κ2) is 8.86. The zero-order chi connectivity index (χ0) is 20.1. The molecule has 1 aliphatic heterocycles. The highest BCUT2D eigenvalue weighted by Crippen LogP contribution is 2.18. The molecule has 0 aliphatic carbocycles. The number of benzene rings is 1. The Hall–Kier alpha value is -2.90. The van der Waals surface area contributed by atoms with Crippen molar-refractivity contribution >= 4 is 17.6 Å². The lowest BCUT2D eigenvalue weighted by Gasteiger charge is -2.35. The number of aliphatic imine (C=N–C) groups is 1. The van der Waals surface area contributed by atoms with Gasteiger partial charge in [-0.2, -0.15) is 5.10 Å². The van der Waals surface area contributed by atoms with Crippen LogP contribution in [0, 0.1) is 5.82 Å². The number of piperazine rings is 1. The quantitative estimate of drug-likeness (QED) is 0.630. The van der Waals surface area contributed by atoms with Crippen LogP contribution in [0.4, 0.5) is 10.1 Å². The van der Waals surface area contributed by atoms with Crippen LogP contribution in [0.2, 0.25) is 0 Å². The van der Waals surface area contributed by atoms with E-state index in [1.54, 1.807) is 27.9 Å². The van der Waals surface area contributed by atoms with Crippen molar-refractivity contribution in [2.75, 3.05) is 37.6 Å². The summed E-state index contributed by atoms with van der Waals surface area (Å²) in [6.07, 6.45) is 3.55.